The summed E-state index contributed by atoms with van der Waals surface area (Å²) < 4.78 is 10.6. The average Bonchev–Trinajstić information content (AvgIpc) is 3.34. The second-order valence-corrected chi connectivity index (χ2v) is 7.68. The first-order chi connectivity index (χ1) is 12.1. The summed E-state index contributed by atoms with van der Waals surface area (Å²) in [6, 6.07) is 4.95. The molecule has 142 valence electrons. The van der Waals surface area contributed by atoms with E-state index in [-0.39, 0.29) is 18.2 Å². The monoisotopic (exact) mass is 362 g/mol. The fraction of sp³-hybridized carbons (Fsp3) is 0.550. The number of Topliss-reactive ketones (excluding diaryl/α,β-unsaturated/α-hetero) is 1. The van der Waals surface area contributed by atoms with Gasteiger partial charge in [-0.05, 0) is 70.2 Å². The van der Waals surface area contributed by atoms with Crippen LogP contribution in [0.15, 0.2) is 18.2 Å². The number of carboxylic acid groups (broad SMARTS) is 1. The molecule has 0 radical (unpaired) electrons. The Kier molecular flexibility index (Phi) is 5.74. The highest BCUT2D eigenvalue weighted by atomic mass is 16.6. The van der Waals surface area contributed by atoms with Crippen LogP contribution in [-0.4, -0.2) is 35.5 Å². The second-order valence-electron chi connectivity index (χ2n) is 7.68. The molecule has 1 aromatic carbocycles. The van der Waals surface area contributed by atoms with Crippen molar-refractivity contribution in [3.05, 3.63) is 29.3 Å². The summed E-state index contributed by atoms with van der Waals surface area (Å²) in [5.74, 6) is -1.08. The highest BCUT2D eigenvalue weighted by Gasteiger charge is 2.56. The number of benzene rings is 1. The van der Waals surface area contributed by atoms with Crippen molar-refractivity contribution in [1.82, 2.24) is 0 Å². The average molecular weight is 362 g/mol. The minimum absolute atomic E-state index is 0.262. The van der Waals surface area contributed by atoms with E-state index in [2.05, 4.69) is 0 Å². The molecule has 0 spiro atoms. The van der Waals surface area contributed by atoms with Crippen LogP contribution >= 0.6 is 0 Å². The fourth-order valence-electron chi connectivity index (χ4n) is 2.87. The Labute approximate surface area is 153 Å². The van der Waals surface area contributed by atoms with Gasteiger partial charge in [-0.1, -0.05) is 0 Å². The number of carbonyl (C=O) groups is 3. The second kappa shape index (κ2) is 7.48. The van der Waals surface area contributed by atoms with Crippen molar-refractivity contribution < 1.29 is 29.0 Å². The molecule has 1 aliphatic rings. The molecular formula is C20H26O6. The molecule has 1 aromatic rings. The van der Waals surface area contributed by atoms with E-state index in [0.717, 1.165) is 5.56 Å². The molecule has 0 atom stereocenters. The van der Waals surface area contributed by atoms with Gasteiger partial charge in [-0.15, -0.1) is 0 Å². The van der Waals surface area contributed by atoms with E-state index < -0.39 is 17.0 Å². The molecule has 0 aliphatic heterocycles. The lowest BCUT2D eigenvalue weighted by molar-refractivity contribution is -0.155. The topological polar surface area (TPSA) is 89.9 Å². The van der Waals surface area contributed by atoms with Crippen LogP contribution in [0.4, 0.5) is 0 Å². The van der Waals surface area contributed by atoms with Crippen LogP contribution in [0.25, 0.3) is 0 Å². The van der Waals surface area contributed by atoms with Gasteiger partial charge in [-0.2, -0.15) is 0 Å². The molecule has 1 fully saturated rings. The number of rotatable bonds is 8. The van der Waals surface area contributed by atoms with E-state index in [1.54, 1.807) is 18.2 Å². The highest BCUT2D eigenvalue weighted by molar-refractivity contribution is 6.14. The molecule has 1 aliphatic carbocycles. The maximum atomic E-state index is 12.6. The minimum Gasteiger partial charge on any atom is -0.496 e. The number of hydrogen-bond acceptors (Lipinski definition) is 5. The third kappa shape index (κ3) is 4.62. The molecule has 0 bridgehead atoms. The molecule has 1 saturated carbocycles. The Morgan fingerprint density at radius 3 is 2.35 bits per heavy atom. The lowest BCUT2D eigenvalue weighted by Gasteiger charge is -2.19. The summed E-state index contributed by atoms with van der Waals surface area (Å²) in [7, 11) is 1.54. The molecular weight excluding hydrogens is 336 g/mol. The van der Waals surface area contributed by atoms with Crippen LogP contribution in [0.1, 0.15) is 62.4 Å². The predicted octanol–water partition coefficient (Wildman–Crippen LogP) is 3.41. The van der Waals surface area contributed by atoms with Gasteiger partial charge in [-0.25, -0.2) is 0 Å². The predicted molar refractivity (Wildman–Crippen MR) is 95.4 cm³/mol. The molecule has 0 aromatic heterocycles. The first-order valence-electron chi connectivity index (χ1n) is 8.76. The number of carboxylic acids is 1. The fourth-order valence-corrected chi connectivity index (χ4v) is 2.87. The quantitative estimate of drug-likeness (QED) is 0.433. The van der Waals surface area contributed by atoms with Crippen LogP contribution in [0.2, 0.25) is 0 Å². The highest BCUT2D eigenvalue weighted by Crippen LogP contribution is 2.48. The van der Waals surface area contributed by atoms with Gasteiger partial charge in [0.1, 0.15) is 16.8 Å². The van der Waals surface area contributed by atoms with Crippen molar-refractivity contribution in [2.24, 2.45) is 5.41 Å². The van der Waals surface area contributed by atoms with Gasteiger partial charge in [0.2, 0.25) is 0 Å². The molecule has 1 N–H and O–H groups in total. The van der Waals surface area contributed by atoms with E-state index in [9.17, 15) is 19.5 Å². The summed E-state index contributed by atoms with van der Waals surface area (Å²) in [6.45, 7) is 5.46. The van der Waals surface area contributed by atoms with Crippen LogP contribution in [0.3, 0.4) is 0 Å². The zero-order valence-corrected chi connectivity index (χ0v) is 15.8. The number of aliphatic carboxylic acids is 1. The van der Waals surface area contributed by atoms with Crippen molar-refractivity contribution in [1.29, 1.82) is 0 Å². The molecule has 26 heavy (non-hydrogen) atoms. The van der Waals surface area contributed by atoms with Gasteiger partial charge in [-0.3, -0.25) is 14.4 Å². The first-order valence-corrected chi connectivity index (χ1v) is 8.76. The maximum Gasteiger partial charge on any atom is 0.317 e. The summed E-state index contributed by atoms with van der Waals surface area (Å²) in [4.78, 5) is 35.8. The summed E-state index contributed by atoms with van der Waals surface area (Å²) >= 11 is 0. The molecule has 0 heterocycles. The number of ketones is 1. The van der Waals surface area contributed by atoms with Crippen LogP contribution in [-0.2, 0) is 20.7 Å². The molecule has 6 heteroatoms. The number of ether oxygens (including phenoxy) is 2. The van der Waals surface area contributed by atoms with Gasteiger partial charge >= 0.3 is 11.9 Å². The number of hydrogen-bond donors (Lipinski definition) is 1. The molecule has 0 saturated heterocycles. The number of carbonyl (C=O) groups excluding carboxylic acids is 2. The minimum atomic E-state index is -1.26. The number of methoxy groups -OCH3 is 1. The normalized spacial score (nSPS) is 15.2. The van der Waals surface area contributed by atoms with Gasteiger partial charge in [0.25, 0.3) is 0 Å². The van der Waals surface area contributed by atoms with Gasteiger partial charge < -0.3 is 14.6 Å². The molecule has 2 rings (SSSR count). The SMILES string of the molecule is COc1ccc(C(=O)C2(C(=O)O)CC2)cc1CCCC(=O)OC(C)(C)C. The Bertz CT molecular complexity index is 710. The van der Waals surface area contributed by atoms with Crippen molar-refractivity contribution in [2.45, 2.75) is 58.5 Å². The molecule has 0 unspecified atom stereocenters. The van der Waals surface area contributed by atoms with E-state index in [1.807, 2.05) is 20.8 Å². The Morgan fingerprint density at radius 1 is 1.19 bits per heavy atom. The van der Waals surface area contributed by atoms with Crippen molar-refractivity contribution >= 4 is 17.7 Å². The lowest BCUT2D eigenvalue weighted by Crippen LogP contribution is -2.25. The summed E-state index contributed by atoms with van der Waals surface area (Å²) in [5, 5.41) is 9.30. The largest absolute Gasteiger partial charge is 0.496 e. The van der Waals surface area contributed by atoms with Crippen molar-refractivity contribution in [3.63, 3.8) is 0 Å². The number of aryl methyl sites for hydroxylation is 1. The van der Waals surface area contributed by atoms with Gasteiger partial charge in [0.15, 0.2) is 5.78 Å². The van der Waals surface area contributed by atoms with E-state index in [0.29, 0.717) is 37.0 Å². The van der Waals surface area contributed by atoms with E-state index >= 15 is 0 Å². The molecule has 6 nitrogen and oxygen atoms in total. The summed E-state index contributed by atoms with van der Waals surface area (Å²) in [5.41, 5.74) is -0.625. The number of esters is 1. The summed E-state index contributed by atoms with van der Waals surface area (Å²) in [6.07, 6.45) is 2.09. The van der Waals surface area contributed by atoms with Crippen LogP contribution in [0.5, 0.6) is 5.75 Å². The third-order valence-electron chi connectivity index (χ3n) is 4.38. The van der Waals surface area contributed by atoms with Crippen molar-refractivity contribution in [2.75, 3.05) is 7.11 Å². The van der Waals surface area contributed by atoms with Crippen molar-refractivity contribution in [3.8, 4) is 5.75 Å². The van der Waals surface area contributed by atoms with Crippen LogP contribution in [0, 0.1) is 5.41 Å². The van der Waals surface area contributed by atoms with E-state index in [4.69, 9.17) is 9.47 Å². The lowest BCUT2D eigenvalue weighted by atomic mass is 9.92. The van der Waals surface area contributed by atoms with Gasteiger partial charge in [0.05, 0.1) is 7.11 Å². The first kappa shape index (κ1) is 19.9. The van der Waals surface area contributed by atoms with Crippen LogP contribution < -0.4 is 4.74 Å². The smallest absolute Gasteiger partial charge is 0.317 e. The zero-order chi connectivity index (χ0) is 19.5. The Balaban J connectivity index is 2.07. The van der Waals surface area contributed by atoms with E-state index in [1.165, 1.54) is 7.11 Å². The third-order valence-corrected chi connectivity index (χ3v) is 4.38. The standard InChI is InChI=1S/C20H26O6/c1-19(2,3)26-16(21)7-5-6-13-12-14(8-9-15(13)25-4)17(22)20(10-11-20)18(23)24/h8-9,12H,5-7,10-11H2,1-4H3,(H,23,24). The maximum absolute atomic E-state index is 12.6. The Hall–Kier alpha value is -2.37. The molecule has 0 amide bonds. The zero-order valence-electron chi connectivity index (χ0n) is 15.8. The Morgan fingerprint density at radius 2 is 1.85 bits per heavy atom. The van der Waals surface area contributed by atoms with Gasteiger partial charge in [0, 0.05) is 12.0 Å².